The molecule has 0 aliphatic carbocycles. The number of aromatic amines is 1. The van der Waals surface area contributed by atoms with Crippen LogP contribution in [-0.4, -0.2) is 9.97 Å². The lowest BCUT2D eigenvalue weighted by molar-refractivity contribution is 0.640. The summed E-state index contributed by atoms with van der Waals surface area (Å²) in [7, 11) is 0. The average Bonchev–Trinajstić information content (AvgIpc) is 2.97. The van der Waals surface area contributed by atoms with Crippen LogP contribution in [0.3, 0.4) is 0 Å². The van der Waals surface area contributed by atoms with Gasteiger partial charge in [-0.1, -0.05) is 42.5 Å². The van der Waals surface area contributed by atoms with Gasteiger partial charge in [0.05, 0.1) is 18.0 Å². The zero-order chi connectivity index (χ0) is 14.2. The predicted octanol–water partition coefficient (Wildman–Crippen LogP) is 4.03. The molecule has 0 bridgehead atoms. The van der Waals surface area contributed by atoms with Crippen LogP contribution < -0.4 is 0 Å². The van der Waals surface area contributed by atoms with Gasteiger partial charge in [0.2, 0.25) is 0 Å². The highest BCUT2D eigenvalue weighted by Gasteiger charge is 2.23. The van der Waals surface area contributed by atoms with Crippen molar-refractivity contribution in [3.8, 4) is 17.3 Å². The largest absolute Gasteiger partial charge is 0.341 e. The standard InChI is InChI=1S/C17H15N3/c1-17(2,11-18)16-19-10-15(20-16)14-9-5-7-12-6-3-4-8-13(12)14/h3-10H,1-2H3,(H,19,20). The number of hydrogen-bond donors (Lipinski definition) is 1. The molecule has 0 atom stereocenters. The summed E-state index contributed by atoms with van der Waals surface area (Å²) in [6, 6.07) is 16.7. The molecule has 0 unspecified atom stereocenters. The van der Waals surface area contributed by atoms with E-state index >= 15 is 0 Å². The Balaban J connectivity index is 2.16. The Labute approximate surface area is 117 Å². The zero-order valence-electron chi connectivity index (χ0n) is 11.5. The molecule has 3 heteroatoms. The lowest BCUT2D eigenvalue weighted by atomic mass is 9.95. The van der Waals surface area contributed by atoms with Gasteiger partial charge in [0.1, 0.15) is 11.2 Å². The first-order chi connectivity index (χ1) is 9.62. The van der Waals surface area contributed by atoms with Crippen LogP contribution in [-0.2, 0) is 5.41 Å². The number of nitrogens with one attached hydrogen (secondary N) is 1. The van der Waals surface area contributed by atoms with Gasteiger partial charge < -0.3 is 4.98 Å². The molecule has 0 spiro atoms. The van der Waals surface area contributed by atoms with Crippen LogP contribution in [0.1, 0.15) is 19.7 Å². The number of nitrogens with zero attached hydrogens (tertiary/aromatic N) is 2. The Morgan fingerprint density at radius 2 is 1.85 bits per heavy atom. The van der Waals surface area contributed by atoms with Crippen molar-refractivity contribution in [1.29, 1.82) is 5.26 Å². The molecule has 0 amide bonds. The van der Waals surface area contributed by atoms with Gasteiger partial charge in [-0.05, 0) is 24.6 Å². The van der Waals surface area contributed by atoms with Gasteiger partial charge in [0, 0.05) is 5.56 Å². The predicted molar refractivity (Wildman–Crippen MR) is 80.2 cm³/mol. The molecule has 1 aromatic heterocycles. The Hall–Kier alpha value is -2.60. The van der Waals surface area contributed by atoms with Crippen LogP contribution in [0.25, 0.3) is 22.0 Å². The first kappa shape index (κ1) is 12.4. The fourth-order valence-electron chi connectivity index (χ4n) is 2.29. The monoisotopic (exact) mass is 261 g/mol. The van der Waals surface area contributed by atoms with Gasteiger partial charge in [0.15, 0.2) is 0 Å². The molecule has 0 aliphatic rings. The van der Waals surface area contributed by atoms with E-state index in [0.717, 1.165) is 11.3 Å². The third-order valence-corrected chi connectivity index (χ3v) is 3.53. The molecular weight excluding hydrogens is 246 g/mol. The van der Waals surface area contributed by atoms with E-state index in [-0.39, 0.29) is 0 Å². The first-order valence-electron chi connectivity index (χ1n) is 6.57. The van der Waals surface area contributed by atoms with Crippen LogP contribution in [0, 0.1) is 11.3 Å². The van der Waals surface area contributed by atoms with Crippen LogP contribution >= 0.6 is 0 Å². The molecule has 98 valence electrons. The highest BCUT2D eigenvalue weighted by molar-refractivity contribution is 5.95. The summed E-state index contributed by atoms with van der Waals surface area (Å²) in [6.07, 6.45) is 1.80. The third kappa shape index (κ3) is 1.96. The Morgan fingerprint density at radius 1 is 1.10 bits per heavy atom. The second kappa shape index (κ2) is 4.50. The Morgan fingerprint density at radius 3 is 2.65 bits per heavy atom. The maximum absolute atomic E-state index is 9.19. The SMILES string of the molecule is CC(C)(C#N)c1ncc(-c2cccc3ccccc23)[nH]1. The number of aromatic nitrogens is 2. The van der Waals surface area contributed by atoms with Crippen molar-refractivity contribution in [2.75, 3.05) is 0 Å². The molecule has 3 aromatic rings. The topological polar surface area (TPSA) is 52.5 Å². The molecule has 0 radical (unpaired) electrons. The molecule has 20 heavy (non-hydrogen) atoms. The summed E-state index contributed by atoms with van der Waals surface area (Å²) in [5, 5.41) is 11.6. The van der Waals surface area contributed by atoms with E-state index in [0.29, 0.717) is 5.82 Å². The second-order valence-corrected chi connectivity index (χ2v) is 5.41. The maximum Gasteiger partial charge on any atom is 0.126 e. The van der Waals surface area contributed by atoms with Crippen LogP contribution in [0.5, 0.6) is 0 Å². The minimum absolute atomic E-state index is 0.608. The third-order valence-electron chi connectivity index (χ3n) is 3.53. The van der Waals surface area contributed by atoms with Crippen LogP contribution in [0.4, 0.5) is 0 Å². The molecule has 1 N–H and O–H groups in total. The summed E-state index contributed by atoms with van der Waals surface area (Å²) in [4.78, 5) is 7.64. The fourth-order valence-corrected chi connectivity index (χ4v) is 2.29. The van der Waals surface area contributed by atoms with Crippen molar-refractivity contribution in [3.05, 3.63) is 54.5 Å². The zero-order valence-corrected chi connectivity index (χ0v) is 11.5. The number of fused-ring (bicyclic) bond motifs is 1. The highest BCUT2D eigenvalue weighted by Crippen LogP contribution is 2.29. The van der Waals surface area contributed by atoms with Crippen molar-refractivity contribution in [2.24, 2.45) is 0 Å². The summed E-state index contributed by atoms with van der Waals surface area (Å²) in [5.41, 5.74) is 1.44. The number of H-pyrrole nitrogens is 1. The van der Waals surface area contributed by atoms with E-state index in [4.69, 9.17) is 0 Å². The van der Waals surface area contributed by atoms with Crippen molar-refractivity contribution < 1.29 is 0 Å². The van der Waals surface area contributed by atoms with Crippen molar-refractivity contribution >= 4 is 10.8 Å². The number of nitriles is 1. The van der Waals surface area contributed by atoms with E-state index in [1.807, 2.05) is 32.0 Å². The normalized spacial score (nSPS) is 11.4. The van der Waals surface area contributed by atoms with Gasteiger partial charge in [-0.3, -0.25) is 0 Å². The Bertz CT molecular complexity index is 801. The lowest BCUT2D eigenvalue weighted by Crippen LogP contribution is -2.15. The smallest absolute Gasteiger partial charge is 0.126 e. The van der Waals surface area contributed by atoms with Crippen molar-refractivity contribution in [2.45, 2.75) is 19.3 Å². The van der Waals surface area contributed by atoms with E-state index in [9.17, 15) is 5.26 Å². The minimum atomic E-state index is -0.608. The Kier molecular flexibility index (Phi) is 2.80. The minimum Gasteiger partial charge on any atom is -0.341 e. The molecule has 3 rings (SSSR count). The van der Waals surface area contributed by atoms with Gasteiger partial charge in [-0.2, -0.15) is 5.26 Å². The molecule has 3 nitrogen and oxygen atoms in total. The van der Waals surface area contributed by atoms with Gasteiger partial charge in [0.25, 0.3) is 0 Å². The first-order valence-corrected chi connectivity index (χ1v) is 6.57. The molecule has 0 saturated carbocycles. The van der Waals surface area contributed by atoms with Gasteiger partial charge >= 0.3 is 0 Å². The average molecular weight is 261 g/mol. The second-order valence-electron chi connectivity index (χ2n) is 5.41. The summed E-state index contributed by atoms with van der Waals surface area (Å²) in [6.45, 7) is 3.72. The quantitative estimate of drug-likeness (QED) is 0.757. The van der Waals surface area contributed by atoms with E-state index in [1.165, 1.54) is 10.8 Å². The van der Waals surface area contributed by atoms with Gasteiger partial charge in [-0.15, -0.1) is 0 Å². The number of rotatable bonds is 2. The molecule has 0 aliphatic heterocycles. The maximum atomic E-state index is 9.19. The molecule has 1 heterocycles. The number of imidazole rings is 1. The van der Waals surface area contributed by atoms with E-state index in [2.05, 4.69) is 40.3 Å². The number of hydrogen-bond acceptors (Lipinski definition) is 2. The van der Waals surface area contributed by atoms with Crippen LogP contribution in [0.2, 0.25) is 0 Å². The fraction of sp³-hybridized carbons (Fsp3) is 0.176. The summed E-state index contributed by atoms with van der Waals surface area (Å²) in [5.74, 6) is 0.697. The van der Waals surface area contributed by atoms with Crippen LogP contribution in [0.15, 0.2) is 48.7 Å². The number of benzene rings is 2. The molecular formula is C17H15N3. The highest BCUT2D eigenvalue weighted by atomic mass is 14.9. The molecule has 0 fully saturated rings. The van der Waals surface area contributed by atoms with E-state index in [1.54, 1.807) is 6.20 Å². The summed E-state index contributed by atoms with van der Waals surface area (Å²) >= 11 is 0. The molecule has 0 saturated heterocycles. The van der Waals surface area contributed by atoms with Crippen molar-refractivity contribution in [1.82, 2.24) is 9.97 Å². The van der Waals surface area contributed by atoms with Crippen molar-refractivity contribution in [3.63, 3.8) is 0 Å². The molecule has 2 aromatic carbocycles. The summed E-state index contributed by atoms with van der Waals surface area (Å²) < 4.78 is 0. The lowest BCUT2D eigenvalue weighted by Gasteiger charge is -2.11. The van der Waals surface area contributed by atoms with Gasteiger partial charge in [-0.25, -0.2) is 4.98 Å². The van der Waals surface area contributed by atoms with E-state index < -0.39 is 5.41 Å².